The van der Waals surface area contributed by atoms with Crippen LogP contribution in [0.2, 0.25) is 0 Å². The van der Waals surface area contributed by atoms with Crippen LogP contribution in [0.5, 0.6) is 0 Å². The van der Waals surface area contributed by atoms with Crippen molar-refractivity contribution in [1.29, 1.82) is 0 Å². The molecule has 0 spiro atoms. The van der Waals surface area contributed by atoms with Crippen molar-refractivity contribution in [2.24, 2.45) is 0 Å². The summed E-state index contributed by atoms with van der Waals surface area (Å²) in [7, 11) is 0. The summed E-state index contributed by atoms with van der Waals surface area (Å²) < 4.78 is 0. The van der Waals surface area contributed by atoms with Gasteiger partial charge in [-0.3, -0.25) is 4.79 Å². The normalized spacial score (nSPS) is 15.7. The second-order valence-corrected chi connectivity index (χ2v) is 6.05. The van der Waals surface area contributed by atoms with E-state index in [4.69, 9.17) is 5.11 Å². The average Bonchev–Trinajstić information content (AvgIpc) is 3.09. The number of rotatable bonds is 8. The molecule has 0 unspecified atom stereocenters. The number of aromatic nitrogens is 2. The Morgan fingerprint density at radius 3 is 2.70 bits per heavy atom. The monoisotopic (exact) mass is 298 g/mol. The number of aliphatic carboxylic acids is 1. The SMILES string of the molecule is CCc1nnc(N(CCC(=O)O)CCN2CCCC2)s1. The molecule has 0 amide bonds. The molecule has 0 bridgehead atoms. The largest absolute Gasteiger partial charge is 0.481 e. The number of hydrogen-bond acceptors (Lipinski definition) is 6. The summed E-state index contributed by atoms with van der Waals surface area (Å²) in [6.07, 6.45) is 3.55. The van der Waals surface area contributed by atoms with E-state index in [9.17, 15) is 4.79 Å². The van der Waals surface area contributed by atoms with E-state index in [-0.39, 0.29) is 6.42 Å². The number of carboxylic acids is 1. The van der Waals surface area contributed by atoms with Gasteiger partial charge in [0.2, 0.25) is 5.13 Å². The van der Waals surface area contributed by atoms with Crippen LogP contribution in [0.3, 0.4) is 0 Å². The lowest BCUT2D eigenvalue weighted by molar-refractivity contribution is -0.136. The number of anilines is 1. The van der Waals surface area contributed by atoms with Crippen LogP contribution in [0, 0.1) is 0 Å². The van der Waals surface area contributed by atoms with Gasteiger partial charge >= 0.3 is 5.97 Å². The molecule has 1 aromatic rings. The molecule has 1 N–H and O–H groups in total. The van der Waals surface area contributed by atoms with E-state index in [1.54, 1.807) is 11.3 Å². The van der Waals surface area contributed by atoms with E-state index >= 15 is 0 Å². The number of carboxylic acid groups (broad SMARTS) is 1. The third-order valence-corrected chi connectivity index (χ3v) is 4.64. The maximum atomic E-state index is 10.8. The summed E-state index contributed by atoms with van der Waals surface area (Å²) in [5, 5.41) is 19.0. The quantitative estimate of drug-likeness (QED) is 0.784. The van der Waals surface area contributed by atoms with Crippen molar-refractivity contribution in [1.82, 2.24) is 15.1 Å². The predicted octanol–water partition coefficient (Wildman–Crippen LogP) is 1.48. The number of aryl methyl sites for hydroxylation is 1. The highest BCUT2D eigenvalue weighted by Gasteiger charge is 2.17. The number of hydrogen-bond donors (Lipinski definition) is 1. The fourth-order valence-electron chi connectivity index (χ4n) is 2.32. The first-order valence-corrected chi connectivity index (χ1v) is 8.02. The lowest BCUT2D eigenvalue weighted by atomic mass is 10.4. The van der Waals surface area contributed by atoms with Crippen LogP contribution >= 0.6 is 11.3 Å². The Balaban J connectivity index is 1.93. The second-order valence-electron chi connectivity index (χ2n) is 5.01. The molecule has 112 valence electrons. The maximum absolute atomic E-state index is 10.8. The Bertz CT molecular complexity index is 432. The van der Waals surface area contributed by atoms with E-state index in [0.717, 1.165) is 42.7 Å². The molecule has 0 saturated carbocycles. The number of carbonyl (C=O) groups is 1. The predicted molar refractivity (Wildman–Crippen MR) is 79.4 cm³/mol. The van der Waals surface area contributed by atoms with Gasteiger partial charge in [-0.15, -0.1) is 10.2 Å². The lowest BCUT2D eigenvalue weighted by Crippen LogP contribution is -2.35. The molecule has 0 aromatic carbocycles. The lowest BCUT2D eigenvalue weighted by Gasteiger charge is -2.23. The van der Waals surface area contributed by atoms with Gasteiger partial charge in [-0.25, -0.2) is 0 Å². The number of likely N-dealkylation sites (tertiary alicyclic amines) is 1. The van der Waals surface area contributed by atoms with E-state index in [1.807, 2.05) is 0 Å². The molecule has 0 aliphatic carbocycles. The van der Waals surface area contributed by atoms with Crippen molar-refractivity contribution < 1.29 is 9.90 Å². The summed E-state index contributed by atoms with van der Waals surface area (Å²) in [6, 6.07) is 0. The molecule has 1 fully saturated rings. The first-order chi connectivity index (χ1) is 9.69. The van der Waals surface area contributed by atoms with Crippen molar-refractivity contribution in [3.05, 3.63) is 5.01 Å². The van der Waals surface area contributed by atoms with Gasteiger partial charge in [0.15, 0.2) is 0 Å². The highest BCUT2D eigenvalue weighted by Crippen LogP contribution is 2.21. The van der Waals surface area contributed by atoms with Crippen molar-refractivity contribution in [3.8, 4) is 0 Å². The van der Waals surface area contributed by atoms with Gasteiger partial charge in [0.25, 0.3) is 0 Å². The zero-order chi connectivity index (χ0) is 14.4. The molecule has 1 aliphatic rings. The molecular formula is C13H22N4O2S. The second kappa shape index (κ2) is 7.54. The maximum Gasteiger partial charge on any atom is 0.305 e. The standard InChI is InChI=1S/C13H22N4O2S/c1-2-11-14-15-13(20-11)17(8-5-12(18)19)10-9-16-6-3-4-7-16/h2-10H2,1H3,(H,18,19). The van der Waals surface area contributed by atoms with Crippen LogP contribution in [0.25, 0.3) is 0 Å². The van der Waals surface area contributed by atoms with Crippen LogP contribution in [0.4, 0.5) is 5.13 Å². The zero-order valence-corrected chi connectivity index (χ0v) is 12.7. The minimum Gasteiger partial charge on any atom is -0.481 e. The smallest absolute Gasteiger partial charge is 0.305 e. The molecule has 20 heavy (non-hydrogen) atoms. The van der Waals surface area contributed by atoms with Crippen molar-refractivity contribution in [2.45, 2.75) is 32.6 Å². The Morgan fingerprint density at radius 1 is 1.35 bits per heavy atom. The minimum absolute atomic E-state index is 0.140. The molecule has 1 aliphatic heterocycles. The molecule has 0 atom stereocenters. The van der Waals surface area contributed by atoms with Crippen LogP contribution in [-0.2, 0) is 11.2 Å². The Morgan fingerprint density at radius 2 is 2.10 bits per heavy atom. The third-order valence-electron chi connectivity index (χ3n) is 3.51. The van der Waals surface area contributed by atoms with Gasteiger partial charge in [-0.1, -0.05) is 18.3 Å². The molecular weight excluding hydrogens is 276 g/mol. The molecule has 1 saturated heterocycles. The van der Waals surface area contributed by atoms with E-state index < -0.39 is 5.97 Å². The molecule has 2 heterocycles. The first kappa shape index (κ1) is 15.2. The van der Waals surface area contributed by atoms with Crippen molar-refractivity contribution >= 4 is 22.4 Å². The fraction of sp³-hybridized carbons (Fsp3) is 0.769. The van der Waals surface area contributed by atoms with Gasteiger partial charge in [0.1, 0.15) is 5.01 Å². The number of nitrogens with zero attached hydrogens (tertiary/aromatic N) is 4. The highest BCUT2D eigenvalue weighted by atomic mass is 32.1. The topological polar surface area (TPSA) is 69.6 Å². The summed E-state index contributed by atoms with van der Waals surface area (Å²) >= 11 is 1.57. The highest BCUT2D eigenvalue weighted by molar-refractivity contribution is 7.15. The molecule has 0 radical (unpaired) electrons. The van der Waals surface area contributed by atoms with E-state index in [1.165, 1.54) is 12.8 Å². The summed E-state index contributed by atoms with van der Waals surface area (Å²) in [5.74, 6) is -0.767. The van der Waals surface area contributed by atoms with Crippen molar-refractivity contribution in [2.75, 3.05) is 37.6 Å². The first-order valence-electron chi connectivity index (χ1n) is 7.20. The molecule has 1 aromatic heterocycles. The van der Waals surface area contributed by atoms with Gasteiger partial charge in [-0.2, -0.15) is 0 Å². The van der Waals surface area contributed by atoms with Gasteiger partial charge in [0, 0.05) is 19.6 Å². The summed E-state index contributed by atoms with van der Waals surface area (Å²) in [5.41, 5.74) is 0. The summed E-state index contributed by atoms with van der Waals surface area (Å²) in [4.78, 5) is 15.3. The minimum atomic E-state index is -0.767. The Labute approximate surface area is 123 Å². The fourth-order valence-corrected chi connectivity index (χ4v) is 3.15. The third kappa shape index (κ3) is 4.42. The van der Waals surface area contributed by atoms with Crippen LogP contribution in [0.15, 0.2) is 0 Å². The zero-order valence-electron chi connectivity index (χ0n) is 11.9. The van der Waals surface area contributed by atoms with Crippen LogP contribution < -0.4 is 4.90 Å². The van der Waals surface area contributed by atoms with Crippen molar-refractivity contribution in [3.63, 3.8) is 0 Å². The molecule has 6 nitrogen and oxygen atoms in total. The van der Waals surface area contributed by atoms with Gasteiger partial charge < -0.3 is 14.9 Å². The average molecular weight is 298 g/mol. The van der Waals surface area contributed by atoms with Crippen LogP contribution in [0.1, 0.15) is 31.2 Å². The van der Waals surface area contributed by atoms with Crippen LogP contribution in [-0.4, -0.2) is 58.9 Å². The van der Waals surface area contributed by atoms with Gasteiger partial charge in [-0.05, 0) is 32.4 Å². The Kier molecular flexibility index (Phi) is 5.72. The van der Waals surface area contributed by atoms with E-state index in [2.05, 4.69) is 26.9 Å². The van der Waals surface area contributed by atoms with E-state index in [0.29, 0.717) is 6.54 Å². The summed E-state index contributed by atoms with van der Waals surface area (Å²) in [6.45, 7) is 6.66. The molecule has 7 heteroatoms. The van der Waals surface area contributed by atoms with Gasteiger partial charge in [0.05, 0.1) is 6.42 Å². The Hall–Kier alpha value is -1.21. The molecule has 2 rings (SSSR count).